The Balaban J connectivity index is 2.24. The van der Waals surface area contributed by atoms with Crippen molar-refractivity contribution in [2.75, 3.05) is 5.32 Å². The van der Waals surface area contributed by atoms with Crippen LogP contribution in [0.1, 0.15) is 16.1 Å². The molecule has 0 fully saturated rings. The summed E-state index contributed by atoms with van der Waals surface area (Å²) in [6.45, 7) is 1.84. The van der Waals surface area contributed by atoms with Crippen LogP contribution in [0.2, 0.25) is 0 Å². The topological polar surface area (TPSA) is 68.9 Å². The Morgan fingerprint density at radius 2 is 2.06 bits per heavy atom. The van der Waals surface area contributed by atoms with Crippen LogP contribution < -0.4 is 10.9 Å². The smallest absolute Gasteiger partial charge is 0.257 e. The second-order valence-corrected chi connectivity index (χ2v) is 4.11. The molecular weight excluding hydrogens is 232 g/mol. The van der Waals surface area contributed by atoms with Gasteiger partial charge in [-0.05, 0) is 13.0 Å². The molecule has 0 atom stereocenters. The first-order valence-corrected chi connectivity index (χ1v) is 5.46. The first-order chi connectivity index (χ1) is 8.47. The molecule has 2 heterocycles. The van der Waals surface area contributed by atoms with E-state index >= 15 is 0 Å². The maximum atomic E-state index is 11.9. The average Bonchev–Trinajstić information content (AvgIpc) is 2.61. The minimum atomic E-state index is -0.323. The number of pyridine rings is 1. The third-order valence-corrected chi connectivity index (χ3v) is 2.61. The van der Waals surface area contributed by atoms with E-state index in [1.165, 1.54) is 10.6 Å². The van der Waals surface area contributed by atoms with Crippen LogP contribution in [-0.2, 0) is 14.1 Å². The molecule has 2 rings (SSSR count). The van der Waals surface area contributed by atoms with Gasteiger partial charge in [-0.3, -0.25) is 14.3 Å². The van der Waals surface area contributed by atoms with Gasteiger partial charge in [0.15, 0.2) is 0 Å². The number of nitrogens with one attached hydrogen (secondary N) is 1. The second kappa shape index (κ2) is 4.48. The van der Waals surface area contributed by atoms with Crippen molar-refractivity contribution in [2.45, 2.75) is 6.92 Å². The van der Waals surface area contributed by atoms with Gasteiger partial charge in [0.05, 0.1) is 5.69 Å². The lowest BCUT2D eigenvalue weighted by molar-refractivity contribution is 0.102. The summed E-state index contributed by atoms with van der Waals surface area (Å²) in [6.07, 6.45) is 1.56. The van der Waals surface area contributed by atoms with Gasteiger partial charge in [0, 0.05) is 38.0 Å². The highest BCUT2D eigenvalue weighted by molar-refractivity contribution is 6.03. The number of amides is 1. The standard InChI is InChI=1S/C12H14N4O2/c1-8-6-10(16(3)14-8)13-12(18)9-4-5-15(2)11(17)7-9/h4-7H,1-3H3,(H,13,18). The molecule has 6 nitrogen and oxygen atoms in total. The predicted molar refractivity (Wildman–Crippen MR) is 67.6 cm³/mol. The first kappa shape index (κ1) is 12.1. The van der Waals surface area contributed by atoms with Crippen LogP contribution in [-0.4, -0.2) is 20.3 Å². The number of hydrogen-bond donors (Lipinski definition) is 1. The number of anilines is 1. The summed E-state index contributed by atoms with van der Waals surface area (Å²) in [6, 6.07) is 4.66. The number of nitrogens with zero attached hydrogens (tertiary/aromatic N) is 3. The summed E-state index contributed by atoms with van der Waals surface area (Å²) in [5.74, 6) is 0.272. The lowest BCUT2D eigenvalue weighted by Gasteiger charge is -2.05. The molecule has 0 aromatic carbocycles. The van der Waals surface area contributed by atoms with Gasteiger partial charge in [0.2, 0.25) is 0 Å². The molecule has 0 bridgehead atoms. The van der Waals surface area contributed by atoms with Gasteiger partial charge in [0.1, 0.15) is 5.82 Å². The highest BCUT2D eigenvalue weighted by atomic mass is 16.2. The summed E-state index contributed by atoms with van der Waals surface area (Å²) < 4.78 is 2.99. The minimum absolute atomic E-state index is 0.219. The van der Waals surface area contributed by atoms with Crippen LogP contribution in [0.4, 0.5) is 5.82 Å². The number of aryl methyl sites for hydroxylation is 3. The van der Waals surface area contributed by atoms with Crippen LogP contribution in [0.15, 0.2) is 29.2 Å². The summed E-state index contributed by atoms with van der Waals surface area (Å²) in [5, 5.41) is 6.83. The van der Waals surface area contributed by atoms with E-state index in [0.29, 0.717) is 11.4 Å². The Bertz CT molecular complexity index is 654. The molecule has 1 N–H and O–H groups in total. The number of hydrogen-bond acceptors (Lipinski definition) is 3. The zero-order valence-electron chi connectivity index (χ0n) is 10.5. The quantitative estimate of drug-likeness (QED) is 0.847. The molecule has 0 saturated heterocycles. The lowest BCUT2D eigenvalue weighted by Crippen LogP contribution is -2.20. The van der Waals surface area contributed by atoms with Gasteiger partial charge in [-0.1, -0.05) is 0 Å². The zero-order chi connectivity index (χ0) is 13.3. The molecule has 0 unspecified atom stereocenters. The highest BCUT2D eigenvalue weighted by Crippen LogP contribution is 2.09. The van der Waals surface area contributed by atoms with Crippen LogP contribution in [0.5, 0.6) is 0 Å². The van der Waals surface area contributed by atoms with Crippen molar-refractivity contribution in [3.63, 3.8) is 0 Å². The average molecular weight is 246 g/mol. The van der Waals surface area contributed by atoms with Crippen molar-refractivity contribution in [3.8, 4) is 0 Å². The zero-order valence-corrected chi connectivity index (χ0v) is 10.5. The Hall–Kier alpha value is -2.37. The molecule has 0 aliphatic carbocycles. The van der Waals surface area contributed by atoms with Crippen molar-refractivity contribution >= 4 is 11.7 Å². The largest absolute Gasteiger partial charge is 0.319 e. The number of carbonyl (C=O) groups excluding carboxylic acids is 1. The van der Waals surface area contributed by atoms with E-state index in [-0.39, 0.29) is 11.5 Å². The third kappa shape index (κ3) is 2.32. The molecule has 0 aliphatic rings. The molecular formula is C12H14N4O2. The Labute approximate surface area is 104 Å². The second-order valence-electron chi connectivity index (χ2n) is 4.11. The van der Waals surface area contributed by atoms with Crippen LogP contribution in [0.25, 0.3) is 0 Å². The number of aromatic nitrogens is 3. The summed E-state index contributed by atoms with van der Waals surface area (Å²) in [5.41, 5.74) is 0.928. The van der Waals surface area contributed by atoms with Gasteiger partial charge < -0.3 is 9.88 Å². The highest BCUT2D eigenvalue weighted by Gasteiger charge is 2.10. The normalized spacial score (nSPS) is 10.4. The van der Waals surface area contributed by atoms with Gasteiger partial charge in [-0.2, -0.15) is 5.10 Å². The van der Waals surface area contributed by atoms with Crippen LogP contribution >= 0.6 is 0 Å². The third-order valence-electron chi connectivity index (χ3n) is 2.61. The van der Waals surface area contributed by atoms with Gasteiger partial charge in [-0.25, -0.2) is 0 Å². The molecule has 6 heteroatoms. The van der Waals surface area contributed by atoms with Crippen molar-refractivity contribution in [3.05, 3.63) is 46.0 Å². The maximum absolute atomic E-state index is 11.9. The predicted octanol–water partition coefficient (Wildman–Crippen LogP) is 0.680. The molecule has 94 valence electrons. The van der Waals surface area contributed by atoms with Gasteiger partial charge in [0.25, 0.3) is 11.5 Å². The van der Waals surface area contributed by atoms with Gasteiger partial charge in [-0.15, -0.1) is 0 Å². The fourth-order valence-corrected chi connectivity index (χ4v) is 1.61. The Morgan fingerprint density at radius 1 is 1.33 bits per heavy atom. The fraction of sp³-hybridized carbons (Fsp3) is 0.250. The monoisotopic (exact) mass is 246 g/mol. The first-order valence-electron chi connectivity index (χ1n) is 5.46. The summed E-state index contributed by atoms with van der Waals surface area (Å²) >= 11 is 0. The van der Waals surface area contributed by atoms with E-state index < -0.39 is 0 Å². The van der Waals surface area contributed by atoms with E-state index in [0.717, 1.165) is 5.69 Å². The Kier molecular flexibility index (Phi) is 3.01. The number of carbonyl (C=O) groups is 1. The molecule has 0 saturated carbocycles. The van der Waals surface area contributed by atoms with Crippen molar-refractivity contribution < 1.29 is 4.79 Å². The SMILES string of the molecule is Cc1cc(NC(=O)c2ccn(C)c(=O)c2)n(C)n1. The van der Waals surface area contributed by atoms with E-state index in [1.54, 1.807) is 37.1 Å². The van der Waals surface area contributed by atoms with Crippen molar-refractivity contribution in [1.82, 2.24) is 14.3 Å². The molecule has 0 aliphatic heterocycles. The maximum Gasteiger partial charge on any atom is 0.257 e. The van der Waals surface area contributed by atoms with Crippen molar-refractivity contribution in [1.29, 1.82) is 0 Å². The Morgan fingerprint density at radius 3 is 2.61 bits per heavy atom. The fourth-order valence-electron chi connectivity index (χ4n) is 1.61. The minimum Gasteiger partial charge on any atom is -0.319 e. The summed E-state index contributed by atoms with van der Waals surface area (Å²) in [7, 11) is 3.38. The molecule has 18 heavy (non-hydrogen) atoms. The molecule has 0 radical (unpaired) electrons. The molecule has 2 aromatic heterocycles. The molecule has 2 aromatic rings. The van der Waals surface area contributed by atoms with E-state index in [2.05, 4.69) is 10.4 Å². The lowest BCUT2D eigenvalue weighted by atomic mass is 10.2. The van der Waals surface area contributed by atoms with Crippen LogP contribution in [0, 0.1) is 6.92 Å². The van der Waals surface area contributed by atoms with E-state index in [1.807, 2.05) is 6.92 Å². The summed E-state index contributed by atoms with van der Waals surface area (Å²) in [4.78, 5) is 23.4. The molecule has 1 amide bonds. The van der Waals surface area contributed by atoms with E-state index in [9.17, 15) is 9.59 Å². The van der Waals surface area contributed by atoms with E-state index in [4.69, 9.17) is 0 Å². The van der Waals surface area contributed by atoms with Crippen LogP contribution in [0.3, 0.4) is 0 Å². The van der Waals surface area contributed by atoms with Crippen molar-refractivity contribution in [2.24, 2.45) is 14.1 Å². The van der Waals surface area contributed by atoms with Gasteiger partial charge >= 0.3 is 0 Å². The molecule has 0 spiro atoms. The number of rotatable bonds is 2.